The maximum Gasteiger partial charge on any atom is 0.000975 e. The quantitative estimate of drug-likeness (QED) is 0.579. The summed E-state index contributed by atoms with van der Waals surface area (Å²) in [4.78, 5) is 2.49. The van der Waals surface area contributed by atoms with Crippen molar-refractivity contribution in [3.8, 4) is 0 Å². The van der Waals surface area contributed by atoms with Crippen LogP contribution in [0.3, 0.4) is 0 Å². The molecule has 0 aromatic carbocycles. The maximum absolute atomic E-state index is 3.54. The van der Waals surface area contributed by atoms with Gasteiger partial charge in [-0.2, -0.15) is 0 Å². The van der Waals surface area contributed by atoms with Gasteiger partial charge in [-0.15, -0.1) is 0 Å². The van der Waals surface area contributed by atoms with E-state index in [-0.39, 0.29) is 0 Å². The molecule has 2 heteroatoms. The zero-order chi connectivity index (χ0) is 8.39. The highest BCUT2D eigenvalue weighted by Crippen LogP contribution is 2.27. The summed E-state index contributed by atoms with van der Waals surface area (Å²) in [6, 6.07) is 0. The second kappa shape index (κ2) is 3.75. The molecular weight excluding hydrogens is 148 g/mol. The lowest BCUT2D eigenvalue weighted by atomic mass is 9.84. The predicted octanol–water partition coefficient (Wildman–Crippen LogP) is 0.938. The summed E-state index contributed by atoms with van der Waals surface area (Å²) in [7, 11) is 2.26. The second-order valence-electron chi connectivity index (χ2n) is 4.42. The van der Waals surface area contributed by atoms with E-state index in [0.717, 1.165) is 11.8 Å². The van der Waals surface area contributed by atoms with Gasteiger partial charge in [0.15, 0.2) is 0 Å². The van der Waals surface area contributed by atoms with Crippen molar-refractivity contribution in [3.63, 3.8) is 0 Å². The minimum atomic E-state index is 0.976. The first-order chi connectivity index (χ1) is 5.86. The average Bonchev–Trinajstić information content (AvgIpc) is 2.28. The second-order valence-corrected chi connectivity index (χ2v) is 4.42. The van der Waals surface area contributed by atoms with Crippen LogP contribution >= 0.6 is 0 Å². The Bertz CT molecular complexity index is 147. The molecular formula is C10H20N2. The summed E-state index contributed by atoms with van der Waals surface area (Å²) in [5.41, 5.74) is 0. The molecule has 2 rings (SSSR count). The van der Waals surface area contributed by atoms with Gasteiger partial charge in [0.25, 0.3) is 0 Å². The first-order valence-corrected chi connectivity index (χ1v) is 5.25. The molecule has 70 valence electrons. The van der Waals surface area contributed by atoms with E-state index >= 15 is 0 Å². The normalized spacial score (nSPS) is 38.8. The molecule has 0 aliphatic carbocycles. The molecule has 0 amide bonds. The summed E-state index contributed by atoms with van der Waals surface area (Å²) in [5, 5.41) is 3.54. The van der Waals surface area contributed by atoms with Crippen molar-refractivity contribution < 1.29 is 0 Å². The molecule has 1 N–H and O–H groups in total. The lowest BCUT2D eigenvalue weighted by molar-refractivity contribution is 0.143. The van der Waals surface area contributed by atoms with Gasteiger partial charge in [0.2, 0.25) is 0 Å². The van der Waals surface area contributed by atoms with E-state index in [1.165, 1.54) is 45.4 Å². The zero-order valence-corrected chi connectivity index (χ0v) is 8.05. The van der Waals surface area contributed by atoms with Crippen LogP contribution in [0.1, 0.15) is 19.3 Å². The van der Waals surface area contributed by atoms with Crippen LogP contribution in [0.5, 0.6) is 0 Å². The Morgan fingerprint density at radius 3 is 3.08 bits per heavy atom. The van der Waals surface area contributed by atoms with Gasteiger partial charge < -0.3 is 10.2 Å². The molecule has 0 saturated carbocycles. The Kier molecular flexibility index (Phi) is 2.66. The number of hydrogen-bond donors (Lipinski definition) is 1. The first-order valence-electron chi connectivity index (χ1n) is 5.25. The standard InChI is InChI=1S/C10H20N2/c1-12-6-4-9-7-11-5-2-3-10(9)8-12/h9-11H,2-8H2,1H3. The van der Waals surface area contributed by atoms with Crippen molar-refractivity contribution in [3.05, 3.63) is 0 Å². The Labute approximate surface area is 75.3 Å². The minimum absolute atomic E-state index is 0.976. The largest absolute Gasteiger partial charge is 0.316 e. The molecule has 2 heterocycles. The van der Waals surface area contributed by atoms with Crippen molar-refractivity contribution in [1.82, 2.24) is 10.2 Å². The van der Waals surface area contributed by atoms with E-state index in [1.807, 2.05) is 0 Å². The monoisotopic (exact) mass is 168 g/mol. The molecule has 0 aromatic heterocycles. The number of nitrogens with zero attached hydrogens (tertiary/aromatic N) is 1. The summed E-state index contributed by atoms with van der Waals surface area (Å²) >= 11 is 0. The molecule has 0 bridgehead atoms. The van der Waals surface area contributed by atoms with Crippen LogP contribution < -0.4 is 5.32 Å². The highest BCUT2D eigenvalue weighted by molar-refractivity contribution is 4.82. The topological polar surface area (TPSA) is 15.3 Å². The van der Waals surface area contributed by atoms with Gasteiger partial charge in [0, 0.05) is 6.54 Å². The fourth-order valence-corrected chi connectivity index (χ4v) is 2.64. The molecule has 0 aromatic rings. The van der Waals surface area contributed by atoms with E-state index in [1.54, 1.807) is 0 Å². The van der Waals surface area contributed by atoms with Gasteiger partial charge in [0.05, 0.1) is 0 Å². The molecule has 0 radical (unpaired) electrons. The third kappa shape index (κ3) is 1.80. The highest BCUT2D eigenvalue weighted by atomic mass is 15.1. The molecule has 2 nitrogen and oxygen atoms in total. The van der Waals surface area contributed by atoms with Crippen molar-refractivity contribution in [2.45, 2.75) is 19.3 Å². The number of rotatable bonds is 0. The molecule has 0 spiro atoms. The Morgan fingerprint density at radius 2 is 2.17 bits per heavy atom. The minimum Gasteiger partial charge on any atom is -0.316 e. The van der Waals surface area contributed by atoms with Crippen molar-refractivity contribution in [1.29, 1.82) is 0 Å². The Morgan fingerprint density at radius 1 is 1.25 bits per heavy atom. The third-order valence-corrected chi connectivity index (χ3v) is 3.43. The van der Waals surface area contributed by atoms with Crippen LogP contribution in [0.2, 0.25) is 0 Å². The SMILES string of the molecule is CN1CCC2CNCCCC2C1. The van der Waals surface area contributed by atoms with E-state index in [9.17, 15) is 0 Å². The number of fused-ring (bicyclic) bond motifs is 1. The van der Waals surface area contributed by atoms with Crippen LogP contribution in [-0.4, -0.2) is 38.1 Å². The van der Waals surface area contributed by atoms with Crippen molar-refractivity contribution >= 4 is 0 Å². The van der Waals surface area contributed by atoms with Crippen LogP contribution in [0, 0.1) is 11.8 Å². The predicted molar refractivity (Wildman–Crippen MR) is 51.2 cm³/mol. The van der Waals surface area contributed by atoms with Crippen molar-refractivity contribution in [2.24, 2.45) is 11.8 Å². The molecule has 2 atom stereocenters. The molecule has 12 heavy (non-hydrogen) atoms. The van der Waals surface area contributed by atoms with E-state index in [0.29, 0.717) is 0 Å². The van der Waals surface area contributed by atoms with E-state index in [4.69, 9.17) is 0 Å². The van der Waals surface area contributed by atoms with Gasteiger partial charge in [0.1, 0.15) is 0 Å². The van der Waals surface area contributed by atoms with Crippen LogP contribution in [0.15, 0.2) is 0 Å². The van der Waals surface area contributed by atoms with Crippen LogP contribution in [0.25, 0.3) is 0 Å². The fraction of sp³-hybridized carbons (Fsp3) is 1.00. The van der Waals surface area contributed by atoms with Gasteiger partial charge in [-0.25, -0.2) is 0 Å². The Hall–Kier alpha value is -0.0800. The van der Waals surface area contributed by atoms with Crippen molar-refractivity contribution in [2.75, 3.05) is 33.2 Å². The van der Waals surface area contributed by atoms with Crippen LogP contribution in [0.4, 0.5) is 0 Å². The zero-order valence-electron chi connectivity index (χ0n) is 8.05. The van der Waals surface area contributed by atoms with Gasteiger partial charge in [-0.05, 0) is 57.8 Å². The molecule has 2 fully saturated rings. The number of nitrogens with one attached hydrogen (secondary N) is 1. The highest BCUT2D eigenvalue weighted by Gasteiger charge is 2.28. The number of hydrogen-bond acceptors (Lipinski definition) is 2. The molecule has 2 saturated heterocycles. The molecule has 2 aliphatic heterocycles. The van der Waals surface area contributed by atoms with Gasteiger partial charge >= 0.3 is 0 Å². The lowest BCUT2D eigenvalue weighted by Crippen LogP contribution is -2.40. The summed E-state index contributed by atoms with van der Waals surface area (Å²) in [6.45, 7) is 5.17. The molecule has 2 unspecified atom stereocenters. The molecule has 2 aliphatic rings. The number of piperidine rings is 1. The summed E-state index contributed by atoms with van der Waals surface area (Å²) in [5.74, 6) is 1.96. The van der Waals surface area contributed by atoms with Gasteiger partial charge in [-0.3, -0.25) is 0 Å². The fourth-order valence-electron chi connectivity index (χ4n) is 2.64. The van der Waals surface area contributed by atoms with Crippen LogP contribution in [-0.2, 0) is 0 Å². The third-order valence-electron chi connectivity index (χ3n) is 3.43. The summed E-state index contributed by atoms with van der Waals surface area (Å²) in [6.07, 6.45) is 4.24. The average molecular weight is 168 g/mol. The Balaban J connectivity index is 1.94. The van der Waals surface area contributed by atoms with E-state index in [2.05, 4.69) is 17.3 Å². The maximum atomic E-state index is 3.54. The number of likely N-dealkylation sites (tertiary alicyclic amines) is 1. The van der Waals surface area contributed by atoms with Gasteiger partial charge in [-0.1, -0.05) is 0 Å². The lowest BCUT2D eigenvalue weighted by Gasteiger charge is -2.35. The summed E-state index contributed by atoms with van der Waals surface area (Å²) < 4.78 is 0. The smallest absolute Gasteiger partial charge is 0.000975 e. The van der Waals surface area contributed by atoms with E-state index < -0.39 is 0 Å². The first kappa shape index (κ1) is 8.52.